The van der Waals surface area contributed by atoms with Crippen LogP contribution in [0.5, 0.6) is 0 Å². The molecule has 21 heavy (non-hydrogen) atoms. The minimum atomic E-state index is -3.56. The Morgan fingerprint density at radius 2 is 1.95 bits per heavy atom. The summed E-state index contributed by atoms with van der Waals surface area (Å²) in [6, 6.07) is 3.71. The van der Waals surface area contributed by atoms with Gasteiger partial charge in [0.2, 0.25) is 15.0 Å². The van der Waals surface area contributed by atoms with Crippen LogP contribution in [0.25, 0.3) is 0 Å². The van der Waals surface area contributed by atoms with E-state index in [2.05, 4.69) is 28.9 Å². The third-order valence-electron chi connectivity index (χ3n) is 3.37. The maximum Gasteiger partial charge on any atom is 0.247 e. The van der Waals surface area contributed by atoms with Gasteiger partial charge < -0.3 is 0 Å². The second-order valence-electron chi connectivity index (χ2n) is 5.00. The van der Waals surface area contributed by atoms with E-state index in [0.29, 0.717) is 17.4 Å². The van der Waals surface area contributed by atoms with Crippen molar-refractivity contribution in [2.75, 3.05) is 0 Å². The van der Waals surface area contributed by atoms with Crippen molar-refractivity contribution in [3.05, 3.63) is 35.9 Å². The van der Waals surface area contributed by atoms with Crippen molar-refractivity contribution in [3.63, 3.8) is 0 Å². The zero-order valence-corrected chi connectivity index (χ0v) is 13.3. The molecule has 0 N–H and O–H groups in total. The van der Waals surface area contributed by atoms with Crippen LogP contribution in [0.1, 0.15) is 44.1 Å². The lowest BCUT2D eigenvalue weighted by atomic mass is 10.2. The first-order valence-corrected chi connectivity index (χ1v) is 8.68. The molecular formula is C14H20N4O2S. The lowest BCUT2D eigenvalue weighted by Crippen LogP contribution is -2.12. The Morgan fingerprint density at radius 3 is 2.57 bits per heavy atom. The standard InChI is InChI=1S/C14H20N4O2S/c1-4-13(5-2)18-9-7-12(17-18)10-21(19,20)14-15-8-6-11(3)16-14/h6-9,13H,4-5,10H2,1-3H3. The van der Waals surface area contributed by atoms with Crippen LogP contribution in [0, 0.1) is 6.92 Å². The fraction of sp³-hybridized carbons (Fsp3) is 0.500. The normalized spacial score (nSPS) is 12.0. The molecule has 0 bridgehead atoms. The molecule has 0 aliphatic carbocycles. The first-order valence-electron chi connectivity index (χ1n) is 7.02. The highest BCUT2D eigenvalue weighted by molar-refractivity contribution is 7.90. The zero-order chi connectivity index (χ0) is 15.5. The van der Waals surface area contributed by atoms with Crippen molar-refractivity contribution in [1.29, 1.82) is 0 Å². The minimum absolute atomic E-state index is 0.139. The van der Waals surface area contributed by atoms with E-state index in [-0.39, 0.29) is 10.9 Å². The van der Waals surface area contributed by atoms with Gasteiger partial charge in [0.25, 0.3) is 0 Å². The van der Waals surface area contributed by atoms with E-state index in [1.165, 1.54) is 6.20 Å². The van der Waals surface area contributed by atoms with Gasteiger partial charge in [-0.15, -0.1) is 0 Å². The summed E-state index contributed by atoms with van der Waals surface area (Å²) in [5, 5.41) is 4.23. The largest absolute Gasteiger partial charge is 0.269 e. The Kier molecular flexibility index (Phi) is 4.72. The maximum atomic E-state index is 12.3. The highest BCUT2D eigenvalue weighted by Crippen LogP contribution is 2.17. The Morgan fingerprint density at radius 1 is 1.24 bits per heavy atom. The third-order valence-corrected chi connectivity index (χ3v) is 4.80. The Labute approximate surface area is 125 Å². The molecule has 7 heteroatoms. The molecule has 2 aromatic rings. The van der Waals surface area contributed by atoms with Crippen molar-refractivity contribution in [2.45, 2.75) is 50.6 Å². The van der Waals surface area contributed by atoms with Gasteiger partial charge in [0.15, 0.2) is 0 Å². The lowest BCUT2D eigenvalue weighted by Gasteiger charge is -2.12. The summed E-state index contributed by atoms with van der Waals surface area (Å²) in [5.74, 6) is -0.177. The number of rotatable bonds is 6. The van der Waals surface area contributed by atoms with Gasteiger partial charge in [-0.2, -0.15) is 5.10 Å². The lowest BCUT2D eigenvalue weighted by molar-refractivity contribution is 0.426. The fourth-order valence-electron chi connectivity index (χ4n) is 2.16. The highest BCUT2D eigenvalue weighted by Gasteiger charge is 2.21. The summed E-state index contributed by atoms with van der Waals surface area (Å²) in [5.41, 5.74) is 1.15. The van der Waals surface area contributed by atoms with E-state index in [4.69, 9.17) is 0 Å². The topological polar surface area (TPSA) is 77.7 Å². The Balaban J connectivity index is 2.21. The minimum Gasteiger partial charge on any atom is -0.269 e. The second kappa shape index (κ2) is 6.34. The van der Waals surface area contributed by atoms with E-state index in [0.717, 1.165) is 12.8 Å². The molecule has 114 valence electrons. The van der Waals surface area contributed by atoms with Crippen molar-refractivity contribution < 1.29 is 8.42 Å². The van der Waals surface area contributed by atoms with Crippen LogP contribution in [0.2, 0.25) is 0 Å². The zero-order valence-electron chi connectivity index (χ0n) is 12.5. The average molecular weight is 308 g/mol. The molecule has 0 unspecified atom stereocenters. The van der Waals surface area contributed by atoms with E-state index in [1.54, 1.807) is 19.1 Å². The summed E-state index contributed by atoms with van der Waals surface area (Å²) in [6.45, 7) is 5.92. The number of nitrogens with zero attached hydrogens (tertiary/aromatic N) is 4. The molecule has 2 aromatic heterocycles. The van der Waals surface area contributed by atoms with E-state index >= 15 is 0 Å². The number of aryl methyl sites for hydroxylation is 1. The number of hydrogen-bond acceptors (Lipinski definition) is 5. The average Bonchev–Trinajstić information content (AvgIpc) is 2.88. The van der Waals surface area contributed by atoms with Gasteiger partial charge in [0, 0.05) is 18.1 Å². The van der Waals surface area contributed by atoms with Crippen molar-refractivity contribution in [1.82, 2.24) is 19.7 Å². The molecule has 0 radical (unpaired) electrons. The monoisotopic (exact) mass is 308 g/mol. The van der Waals surface area contributed by atoms with Crippen LogP contribution in [0.3, 0.4) is 0 Å². The molecule has 0 fully saturated rings. The van der Waals surface area contributed by atoms with Crippen LogP contribution in [0.15, 0.2) is 29.7 Å². The van der Waals surface area contributed by atoms with E-state index in [1.807, 2.05) is 10.9 Å². The molecule has 0 aliphatic rings. The van der Waals surface area contributed by atoms with Crippen LogP contribution in [-0.4, -0.2) is 28.2 Å². The van der Waals surface area contributed by atoms with Gasteiger partial charge in [-0.25, -0.2) is 18.4 Å². The Hall–Kier alpha value is -1.76. The SMILES string of the molecule is CCC(CC)n1ccc(CS(=O)(=O)c2nccc(C)n2)n1. The maximum absolute atomic E-state index is 12.3. The number of aromatic nitrogens is 4. The molecule has 0 amide bonds. The molecule has 0 aliphatic heterocycles. The summed E-state index contributed by atoms with van der Waals surface area (Å²) in [7, 11) is -3.56. The van der Waals surface area contributed by atoms with Crippen LogP contribution in [0.4, 0.5) is 0 Å². The molecule has 0 saturated carbocycles. The quantitative estimate of drug-likeness (QED) is 0.765. The van der Waals surface area contributed by atoms with Crippen molar-refractivity contribution in [3.8, 4) is 0 Å². The predicted octanol–water partition coefficient (Wildman–Crippen LogP) is 2.32. The van der Waals surface area contributed by atoms with Gasteiger partial charge in [-0.3, -0.25) is 4.68 Å². The van der Waals surface area contributed by atoms with E-state index < -0.39 is 9.84 Å². The predicted molar refractivity (Wildman–Crippen MR) is 79.5 cm³/mol. The molecular weight excluding hydrogens is 288 g/mol. The molecule has 0 aromatic carbocycles. The number of hydrogen-bond donors (Lipinski definition) is 0. The highest BCUT2D eigenvalue weighted by atomic mass is 32.2. The van der Waals surface area contributed by atoms with Gasteiger partial charge in [-0.05, 0) is 31.9 Å². The molecule has 0 spiro atoms. The van der Waals surface area contributed by atoms with Gasteiger partial charge in [0.1, 0.15) is 5.75 Å². The van der Waals surface area contributed by atoms with Crippen LogP contribution >= 0.6 is 0 Å². The first-order chi connectivity index (χ1) is 9.96. The smallest absolute Gasteiger partial charge is 0.247 e. The Bertz CT molecular complexity index is 705. The van der Waals surface area contributed by atoms with Crippen molar-refractivity contribution in [2.24, 2.45) is 0 Å². The second-order valence-corrected chi connectivity index (χ2v) is 6.88. The summed E-state index contributed by atoms with van der Waals surface area (Å²) >= 11 is 0. The van der Waals surface area contributed by atoms with E-state index in [9.17, 15) is 8.42 Å². The summed E-state index contributed by atoms with van der Waals surface area (Å²) < 4.78 is 26.4. The van der Waals surface area contributed by atoms with Gasteiger partial charge in [-0.1, -0.05) is 13.8 Å². The molecule has 6 nitrogen and oxygen atoms in total. The van der Waals surface area contributed by atoms with Crippen molar-refractivity contribution >= 4 is 9.84 Å². The fourth-order valence-corrected chi connectivity index (χ4v) is 3.33. The first kappa shape index (κ1) is 15.6. The molecule has 2 rings (SSSR count). The van der Waals surface area contributed by atoms with Gasteiger partial charge >= 0.3 is 0 Å². The molecule has 2 heterocycles. The third kappa shape index (κ3) is 3.66. The van der Waals surface area contributed by atoms with Crippen LogP contribution in [-0.2, 0) is 15.6 Å². The van der Waals surface area contributed by atoms with Crippen LogP contribution < -0.4 is 0 Å². The molecule has 0 saturated heterocycles. The molecule has 0 atom stereocenters. The number of sulfone groups is 1. The van der Waals surface area contributed by atoms with Gasteiger partial charge in [0.05, 0.1) is 11.7 Å². The summed E-state index contributed by atoms with van der Waals surface area (Å²) in [4.78, 5) is 7.83. The summed E-state index contributed by atoms with van der Waals surface area (Å²) in [6.07, 6.45) is 5.22.